The van der Waals surface area contributed by atoms with E-state index >= 15 is 0 Å². The summed E-state index contributed by atoms with van der Waals surface area (Å²) in [4.78, 5) is 146. The molecule has 5 atom stereocenters. The molecule has 15 heterocycles. The van der Waals surface area contributed by atoms with Crippen molar-refractivity contribution >= 4 is 139 Å². The molecule has 1 saturated carbocycles. The van der Waals surface area contributed by atoms with E-state index in [9.17, 15) is 28.4 Å². The number of benzene rings is 8. The van der Waals surface area contributed by atoms with Crippen molar-refractivity contribution in [3.05, 3.63) is 383 Å². The molecule has 8 aromatic carbocycles. The number of para-hydroxylation sites is 3. The molecule has 147 heavy (non-hydrogen) atoms. The number of imidazole rings is 5. The second kappa shape index (κ2) is 40.8. The highest BCUT2D eigenvalue weighted by Crippen LogP contribution is 2.40. The van der Waals surface area contributed by atoms with E-state index in [-0.39, 0.29) is 69.7 Å². The Labute approximate surface area is 839 Å². The van der Waals surface area contributed by atoms with Gasteiger partial charge in [0.05, 0.1) is 100 Å². The van der Waals surface area contributed by atoms with Crippen LogP contribution in [-0.4, -0.2) is 123 Å². The molecule has 0 radical (unpaired) electrons. The number of aromatic amines is 5. The van der Waals surface area contributed by atoms with E-state index < -0.39 is 5.82 Å². The molecule has 0 spiro atoms. The number of anilines is 5. The number of aryl methyl sites for hydroxylation is 6. The van der Waals surface area contributed by atoms with Gasteiger partial charge in [-0.2, -0.15) is 0 Å². The number of H-pyrrole nitrogens is 5. The minimum Gasteiger partial charge on any atom is -0.360 e. The Kier molecular flexibility index (Phi) is 26.7. The van der Waals surface area contributed by atoms with Gasteiger partial charge in [0.15, 0.2) is 57.3 Å². The summed E-state index contributed by atoms with van der Waals surface area (Å²) >= 11 is 0. The fraction of sp³-hybridized carbons (Fsp3) is 0.207. The van der Waals surface area contributed by atoms with Crippen LogP contribution in [-0.2, 0) is 0 Å². The predicted octanol–water partition coefficient (Wildman–Crippen LogP) is 20.5. The zero-order valence-electron chi connectivity index (χ0n) is 82.9. The summed E-state index contributed by atoms with van der Waals surface area (Å²) in [6.07, 6.45) is 18.2. The third-order valence-electron chi connectivity index (χ3n) is 26.8. The van der Waals surface area contributed by atoms with Crippen LogP contribution in [0.15, 0.2) is 287 Å². The minimum absolute atomic E-state index is 0.0143. The Bertz CT molecular complexity index is 9090. The highest BCUT2D eigenvalue weighted by molar-refractivity contribution is 5.92. The molecule has 736 valence electrons. The first-order valence-electron chi connectivity index (χ1n) is 48.5. The van der Waals surface area contributed by atoms with Crippen LogP contribution in [0, 0.1) is 47.4 Å². The largest absolute Gasteiger partial charge is 0.360 e. The van der Waals surface area contributed by atoms with Gasteiger partial charge in [0, 0.05) is 46.2 Å². The third-order valence-corrected chi connectivity index (χ3v) is 26.8. The van der Waals surface area contributed by atoms with Gasteiger partial charge in [0.1, 0.15) is 65.0 Å². The fourth-order valence-electron chi connectivity index (χ4n) is 19.4. The van der Waals surface area contributed by atoms with Crippen molar-refractivity contribution in [2.45, 2.75) is 152 Å². The van der Waals surface area contributed by atoms with Crippen LogP contribution in [0.3, 0.4) is 0 Å². The van der Waals surface area contributed by atoms with Gasteiger partial charge in [0.25, 0.3) is 27.8 Å². The van der Waals surface area contributed by atoms with Crippen molar-refractivity contribution in [2.75, 3.05) is 26.6 Å². The number of nitrogens with zero attached hydrogens (tertiary/aromatic N) is 20. The molecule has 1 fully saturated rings. The first kappa shape index (κ1) is 96.0. The average molecular weight is 1960 g/mol. The highest BCUT2D eigenvalue weighted by atomic mass is 19.1. The molecule has 10 N–H and O–H groups in total. The molecule has 15 aromatic heterocycles. The zero-order chi connectivity index (χ0) is 102. The highest BCUT2D eigenvalue weighted by Gasteiger charge is 2.32. The summed E-state index contributed by atoms with van der Waals surface area (Å²) < 4.78 is 23.7. The van der Waals surface area contributed by atoms with Crippen LogP contribution in [0.25, 0.3) is 127 Å². The van der Waals surface area contributed by atoms with Crippen molar-refractivity contribution in [1.29, 1.82) is 0 Å². The monoisotopic (exact) mass is 1960 g/mol. The van der Waals surface area contributed by atoms with E-state index in [0.29, 0.717) is 80.0 Å². The average Bonchev–Trinajstić information content (AvgIpc) is 1.74. The Balaban J connectivity index is 0.000000112. The topological polar surface area (TPSA) is 442 Å². The third kappa shape index (κ3) is 18.8. The van der Waals surface area contributed by atoms with Crippen molar-refractivity contribution < 1.29 is 4.39 Å². The van der Waals surface area contributed by atoms with Crippen LogP contribution in [0.2, 0.25) is 0 Å². The van der Waals surface area contributed by atoms with Crippen LogP contribution >= 0.6 is 0 Å². The van der Waals surface area contributed by atoms with Crippen molar-refractivity contribution in [1.82, 2.24) is 123 Å². The first-order valence-corrected chi connectivity index (χ1v) is 48.5. The van der Waals surface area contributed by atoms with E-state index in [1.807, 2.05) is 242 Å². The standard InChI is InChI=1S/C25H24N6O.C23H19FN6O.C23H20N6O.C20H20N6O.C20H22N6O/c1-4-18(30-24-22-23(27-13-26-22)28-14-29-24)20-12-17-10-7-9-16(3)21(17)25(32)31(20)19-11-6-5-8-15(19)2;1-13-6-5-7-15-10-18(14(2)29-22-20-21(26-11-25-20)27-12-28-22)30(23(31)19(13)15)17-9-4-3-8-16(17)24;1-14-7-6-8-16-11-18(29(23(30)19(14)16)17-9-4-3-5-10-17)15(2)28-22-20-21(25-12-24-20)26-13-27-22;1-11-4-3-5-13-8-15(26(14-6-7-14)20(27)16(11)13)12(2)25-19-17-18(22-9-21-17)23-10-24-19;1-11(2)26-15(8-14-7-5-6-12(3)16(14)20(26)27)13(4)25-19-17-18(22-9-21-17)23-10-24-19/h5-14,18H,4H2,1-3H3,(H2,26,27,28,29,30);3-12,14H,1-2H3,(H2,25,26,27,28,29);3-13,15H,1-2H3,(H2,24,25,26,27,28);3-5,8-10,12,14H,6-7H2,1-2H3,(H2,21,22,23,24,25);5-11,13H,1-4H3,(H2,21,22,23,24,25). The molecular formula is C111H105FN30O5. The molecule has 36 heteroatoms. The van der Waals surface area contributed by atoms with Gasteiger partial charge in [0.2, 0.25) is 0 Å². The van der Waals surface area contributed by atoms with Gasteiger partial charge in [-0.05, 0) is 223 Å². The molecule has 35 nitrogen and oxygen atoms in total. The molecule has 0 bridgehead atoms. The number of aromatic nitrogens is 25. The van der Waals surface area contributed by atoms with Gasteiger partial charge in [-0.1, -0.05) is 146 Å². The smallest absolute Gasteiger partial charge is 0.263 e. The number of hydrogen-bond donors (Lipinski definition) is 10. The van der Waals surface area contributed by atoms with Gasteiger partial charge in [-0.25, -0.2) is 79.2 Å². The zero-order valence-corrected chi connectivity index (χ0v) is 82.9. The SMILES string of the molecule is CCC(Nc1ncnc2nc[nH]c12)c1cc2cccc(C)c2c(=O)n1-c1ccccc1C.Cc1cccc2cc(C(C)Nc3ncnc4nc[nH]c34)n(-c3ccccc3)c(=O)c12.Cc1cccc2cc(C(C)Nc3ncnc4nc[nH]c34)n(-c3ccccc3F)c(=O)c12.Cc1cccc2cc(C(C)Nc3ncnc4nc[nH]c34)n(C(C)C)c(=O)c12.Cc1cccc2cc(C(C)Nc3ncnc4nc[nH]c34)n(C3CC3)c(=O)c12. The van der Waals surface area contributed by atoms with Crippen LogP contribution in [0.1, 0.15) is 172 Å². The van der Waals surface area contributed by atoms with E-state index in [0.717, 1.165) is 157 Å². The van der Waals surface area contributed by atoms with E-state index in [1.54, 1.807) is 54.4 Å². The first-order chi connectivity index (χ1) is 71.4. The molecule has 23 aromatic rings. The number of nitrogens with one attached hydrogen (secondary N) is 10. The van der Waals surface area contributed by atoms with Gasteiger partial charge >= 0.3 is 0 Å². The van der Waals surface area contributed by atoms with Crippen LogP contribution in [0.5, 0.6) is 0 Å². The van der Waals surface area contributed by atoms with E-state index in [4.69, 9.17) is 0 Å². The van der Waals surface area contributed by atoms with Gasteiger partial charge in [-0.3, -0.25) is 37.7 Å². The molecular weight excluding hydrogens is 1850 g/mol. The van der Waals surface area contributed by atoms with Crippen molar-refractivity contribution in [2.24, 2.45) is 0 Å². The summed E-state index contributed by atoms with van der Waals surface area (Å²) in [6, 6.07) is 63.2. The molecule has 0 saturated heterocycles. The van der Waals surface area contributed by atoms with Crippen molar-refractivity contribution in [3.8, 4) is 17.1 Å². The van der Waals surface area contributed by atoms with Crippen LogP contribution in [0.4, 0.5) is 33.5 Å². The normalized spacial score (nSPS) is 13.0. The number of hydrogen-bond acceptors (Lipinski definition) is 25. The maximum Gasteiger partial charge on any atom is 0.263 e. The molecule has 0 amide bonds. The van der Waals surface area contributed by atoms with Gasteiger partial charge in [-0.15, -0.1) is 0 Å². The molecule has 0 aliphatic heterocycles. The molecule has 24 rings (SSSR count). The summed E-state index contributed by atoms with van der Waals surface area (Å²) in [5.41, 5.74) is 18.4. The van der Waals surface area contributed by atoms with E-state index in [2.05, 4.69) is 164 Å². The Morgan fingerprint density at radius 3 is 1.00 bits per heavy atom. The Morgan fingerprint density at radius 2 is 0.619 bits per heavy atom. The maximum atomic E-state index is 14.8. The minimum atomic E-state index is -0.469. The predicted molar refractivity (Wildman–Crippen MR) is 575 cm³/mol. The lowest BCUT2D eigenvalue weighted by atomic mass is 10.0. The maximum absolute atomic E-state index is 14.8. The lowest BCUT2D eigenvalue weighted by molar-refractivity contribution is 0.541. The summed E-state index contributed by atoms with van der Waals surface area (Å²) in [5, 5.41) is 25.3. The number of rotatable bonds is 21. The Morgan fingerprint density at radius 1 is 0.313 bits per heavy atom. The lowest BCUT2D eigenvalue weighted by Gasteiger charge is -2.24. The van der Waals surface area contributed by atoms with Crippen molar-refractivity contribution in [3.63, 3.8) is 0 Å². The summed E-state index contributed by atoms with van der Waals surface area (Å²) in [6.45, 7) is 26.0. The molecule has 1 aliphatic rings. The van der Waals surface area contributed by atoms with Gasteiger partial charge < -0.3 is 60.6 Å². The molecule has 1 aliphatic carbocycles. The number of fused-ring (bicyclic) bond motifs is 10. The molecule has 5 unspecified atom stereocenters. The summed E-state index contributed by atoms with van der Waals surface area (Å²) in [5.74, 6) is 2.73. The second-order valence-electron chi connectivity index (χ2n) is 36.9. The number of halogens is 1. The quantitative estimate of drug-likeness (QED) is 0.0319. The Hall–Kier alpha value is -18.5. The lowest BCUT2D eigenvalue weighted by Crippen LogP contribution is -2.28. The summed E-state index contributed by atoms with van der Waals surface area (Å²) in [7, 11) is 0. The second-order valence-corrected chi connectivity index (χ2v) is 36.9. The fourth-order valence-corrected chi connectivity index (χ4v) is 19.4. The van der Waals surface area contributed by atoms with E-state index in [1.165, 1.54) is 42.3 Å². The number of pyridine rings is 5. The van der Waals surface area contributed by atoms with Crippen LogP contribution < -0.4 is 54.4 Å².